The van der Waals surface area contributed by atoms with Crippen molar-refractivity contribution in [3.05, 3.63) is 0 Å². The van der Waals surface area contributed by atoms with Crippen LogP contribution in [0.5, 0.6) is 0 Å². The van der Waals surface area contributed by atoms with Crippen LogP contribution in [0.4, 0.5) is 0 Å². The average molecular weight is 161 g/mol. The molecule has 4 N–H and O–H groups in total. The number of carbonyl (C=O) groups is 1. The van der Waals surface area contributed by atoms with E-state index in [1.54, 1.807) is 0 Å². The standard InChI is InChI=1S/C6H11NO4/c8-2-3-4(9)1-7-5(3)6(10)11/h3-5,7-9H,1-2H2,(H,10,11)/t3-,4-,5+/m1/s1. The zero-order valence-corrected chi connectivity index (χ0v) is 5.90. The second-order valence-corrected chi connectivity index (χ2v) is 2.64. The Morgan fingerprint density at radius 1 is 1.64 bits per heavy atom. The van der Waals surface area contributed by atoms with Gasteiger partial charge in [0.2, 0.25) is 0 Å². The van der Waals surface area contributed by atoms with Crippen LogP contribution in [0, 0.1) is 5.92 Å². The third kappa shape index (κ3) is 1.50. The Hall–Kier alpha value is -0.650. The summed E-state index contributed by atoms with van der Waals surface area (Å²) < 4.78 is 0. The molecule has 0 unspecified atom stereocenters. The predicted molar refractivity (Wildman–Crippen MR) is 36.0 cm³/mol. The fourth-order valence-electron chi connectivity index (χ4n) is 1.27. The fourth-order valence-corrected chi connectivity index (χ4v) is 1.27. The first-order chi connectivity index (χ1) is 5.16. The number of aliphatic hydroxyl groups excluding tert-OH is 2. The SMILES string of the molecule is O=C(O)[C@H]1NC[C@@H](O)[C@H]1CO. The first-order valence-electron chi connectivity index (χ1n) is 3.42. The summed E-state index contributed by atoms with van der Waals surface area (Å²) in [6.07, 6.45) is -0.749. The summed E-state index contributed by atoms with van der Waals surface area (Å²) in [6.45, 7) is -0.0622. The van der Waals surface area contributed by atoms with E-state index < -0.39 is 24.0 Å². The lowest BCUT2D eigenvalue weighted by atomic mass is 10.00. The first-order valence-corrected chi connectivity index (χ1v) is 3.42. The normalized spacial score (nSPS) is 37.5. The lowest BCUT2D eigenvalue weighted by Crippen LogP contribution is -2.37. The van der Waals surface area contributed by atoms with Crippen LogP contribution in [0.3, 0.4) is 0 Å². The number of β-amino-alcohol motifs (C(OH)–C–C–N with tert-alkyl or cyclic N) is 1. The van der Waals surface area contributed by atoms with E-state index in [9.17, 15) is 4.79 Å². The Morgan fingerprint density at radius 3 is 2.64 bits per heavy atom. The Balaban J connectivity index is 2.61. The van der Waals surface area contributed by atoms with Crippen molar-refractivity contribution in [3.8, 4) is 0 Å². The lowest BCUT2D eigenvalue weighted by Gasteiger charge is -2.14. The van der Waals surface area contributed by atoms with Crippen molar-refractivity contribution in [1.82, 2.24) is 5.32 Å². The number of carboxylic acid groups (broad SMARTS) is 1. The van der Waals surface area contributed by atoms with Crippen molar-refractivity contribution in [1.29, 1.82) is 0 Å². The summed E-state index contributed by atoms with van der Waals surface area (Å²) in [5.74, 6) is -1.60. The summed E-state index contributed by atoms with van der Waals surface area (Å²) in [5, 5.41) is 29.0. The smallest absolute Gasteiger partial charge is 0.321 e. The van der Waals surface area contributed by atoms with E-state index in [4.69, 9.17) is 15.3 Å². The van der Waals surface area contributed by atoms with Gasteiger partial charge < -0.3 is 20.6 Å². The zero-order valence-electron chi connectivity index (χ0n) is 5.90. The molecule has 0 aromatic heterocycles. The van der Waals surface area contributed by atoms with Crippen LogP contribution < -0.4 is 5.32 Å². The molecule has 1 heterocycles. The van der Waals surface area contributed by atoms with Gasteiger partial charge in [-0.25, -0.2) is 0 Å². The van der Waals surface area contributed by atoms with Crippen molar-refractivity contribution in [2.24, 2.45) is 5.92 Å². The highest BCUT2D eigenvalue weighted by molar-refractivity contribution is 5.74. The summed E-state index contributed by atoms with van der Waals surface area (Å²) in [6, 6.07) is -0.810. The third-order valence-corrected chi connectivity index (χ3v) is 1.95. The van der Waals surface area contributed by atoms with Crippen molar-refractivity contribution in [2.75, 3.05) is 13.2 Å². The van der Waals surface area contributed by atoms with E-state index in [0.29, 0.717) is 0 Å². The molecule has 5 heteroatoms. The molecule has 0 bridgehead atoms. The van der Waals surface area contributed by atoms with E-state index in [2.05, 4.69) is 5.32 Å². The minimum atomic E-state index is -1.03. The Morgan fingerprint density at radius 2 is 2.27 bits per heavy atom. The van der Waals surface area contributed by atoms with E-state index in [1.807, 2.05) is 0 Å². The summed E-state index contributed by atoms with van der Waals surface area (Å²) >= 11 is 0. The summed E-state index contributed by atoms with van der Waals surface area (Å²) in [7, 11) is 0. The number of rotatable bonds is 2. The number of hydrogen-bond acceptors (Lipinski definition) is 4. The van der Waals surface area contributed by atoms with E-state index in [1.165, 1.54) is 0 Å². The molecule has 0 aromatic rings. The second-order valence-electron chi connectivity index (χ2n) is 2.64. The highest BCUT2D eigenvalue weighted by Gasteiger charge is 2.38. The van der Waals surface area contributed by atoms with Gasteiger partial charge in [-0.15, -0.1) is 0 Å². The molecule has 1 rings (SSSR count). The molecule has 0 spiro atoms. The quantitative estimate of drug-likeness (QED) is 0.376. The van der Waals surface area contributed by atoms with Crippen LogP contribution in [-0.2, 0) is 4.79 Å². The van der Waals surface area contributed by atoms with E-state index in [0.717, 1.165) is 0 Å². The van der Waals surface area contributed by atoms with Crippen molar-refractivity contribution >= 4 is 5.97 Å². The van der Waals surface area contributed by atoms with Gasteiger partial charge in [-0.3, -0.25) is 4.79 Å². The monoisotopic (exact) mass is 161 g/mol. The maximum atomic E-state index is 10.4. The van der Waals surface area contributed by atoms with Gasteiger partial charge in [0.05, 0.1) is 12.7 Å². The molecule has 5 nitrogen and oxygen atoms in total. The average Bonchev–Trinajstić information content (AvgIpc) is 2.30. The Kier molecular flexibility index (Phi) is 2.43. The number of nitrogens with one attached hydrogen (secondary N) is 1. The highest BCUT2D eigenvalue weighted by Crippen LogP contribution is 2.15. The molecule has 0 aliphatic carbocycles. The topological polar surface area (TPSA) is 89.8 Å². The number of aliphatic hydroxyl groups is 2. The first kappa shape index (κ1) is 8.45. The Bertz CT molecular complexity index is 161. The molecular weight excluding hydrogens is 150 g/mol. The minimum absolute atomic E-state index is 0.238. The zero-order chi connectivity index (χ0) is 8.43. The molecule has 1 aliphatic rings. The minimum Gasteiger partial charge on any atom is -0.480 e. The molecule has 1 fully saturated rings. The van der Waals surface area contributed by atoms with Crippen molar-refractivity contribution in [3.63, 3.8) is 0 Å². The summed E-state index contributed by atoms with van der Waals surface area (Å²) in [5.41, 5.74) is 0. The molecule has 64 valence electrons. The van der Waals surface area contributed by atoms with E-state index >= 15 is 0 Å². The molecule has 11 heavy (non-hydrogen) atoms. The highest BCUT2D eigenvalue weighted by atomic mass is 16.4. The van der Waals surface area contributed by atoms with E-state index in [-0.39, 0.29) is 13.2 Å². The second kappa shape index (κ2) is 3.17. The lowest BCUT2D eigenvalue weighted by molar-refractivity contribution is -0.141. The largest absolute Gasteiger partial charge is 0.480 e. The molecule has 1 saturated heterocycles. The Labute approximate surface area is 63.7 Å². The van der Waals surface area contributed by atoms with Crippen molar-refractivity contribution in [2.45, 2.75) is 12.1 Å². The van der Waals surface area contributed by atoms with Crippen LogP contribution in [0.2, 0.25) is 0 Å². The molecule has 3 atom stereocenters. The maximum Gasteiger partial charge on any atom is 0.321 e. The fraction of sp³-hybridized carbons (Fsp3) is 0.833. The molecule has 0 radical (unpaired) electrons. The van der Waals surface area contributed by atoms with Gasteiger partial charge in [0.1, 0.15) is 6.04 Å². The summed E-state index contributed by atoms with van der Waals surface area (Å²) in [4.78, 5) is 10.4. The third-order valence-electron chi connectivity index (χ3n) is 1.95. The van der Waals surface area contributed by atoms with Gasteiger partial charge in [-0.1, -0.05) is 0 Å². The number of carboxylic acids is 1. The van der Waals surface area contributed by atoms with Crippen LogP contribution in [0.15, 0.2) is 0 Å². The van der Waals surface area contributed by atoms with Gasteiger partial charge in [-0.2, -0.15) is 0 Å². The van der Waals surface area contributed by atoms with Gasteiger partial charge >= 0.3 is 5.97 Å². The molecular formula is C6H11NO4. The molecule has 0 saturated carbocycles. The maximum absolute atomic E-state index is 10.4. The van der Waals surface area contributed by atoms with Crippen molar-refractivity contribution < 1.29 is 20.1 Å². The predicted octanol–water partition coefficient (Wildman–Crippen LogP) is -1.99. The molecule has 0 amide bonds. The van der Waals surface area contributed by atoms with Gasteiger partial charge in [-0.05, 0) is 0 Å². The van der Waals surface area contributed by atoms with Gasteiger partial charge in [0.25, 0.3) is 0 Å². The van der Waals surface area contributed by atoms with Gasteiger partial charge in [0.15, 0.2) is 0 Å². The van der Waals surface area contributed by atoms with Crippen LogP contribution >= 0.6 is 0 Å². The molecule has 0 aromatic carbocycles. The van der Waals surface area contributed by atoms with Crippen LogP contribution in [-0.4, -0.2) is 46.6 Å². The number of hydrogen-bond donors (Lipinski definition) is 4. The molecule has 1 aliphatic heterocycles. The van der Waals surface area contributed by atoms with Crippen LogP contribution in [0.25, 0.3) is 0 Å². The van der Waals surface area contributed by atoms with Crippen LogP contribution in [0.1, 0.15) is 0 Å². The van der Waals surface area contributed by atoms with Gasteiger partial charge in [0, 0.05) is 12.5 Å². The number of aliphatic carboxylic acids is 1.